The summed E-state index contributed by atoms with van der Waals surface area (Å²) in [6.07, 6.45) is 8.23. The first-order valence-electron chi connectivity index (χ1n) is 7.71. The number of aryl methyl sites for hydroxylation is 1. The van der Waals surface area contributed by atoms with Crippen LogP contribution in [0.2, 0.25) is 0 Å². The minimum Gasteiger partial charge on any atom is -0.354 e. The van der Waals surface area contributed by atoms with Gasteiger partial charge in [-0.05, 0) is 19.8 Å². The lowest BCUT2D eigenvalue weighted by atomic mass is 9.96. The maximum absolute atomic E-state index is 4.62. The quantitative estimate of drug-likeness (QED) is 0.333. The summed E-state index contributed by atoms with van der Waals surface area (Å²) >= 11 is 0. The Labute approximate surface area is 149 Å². The molecule has 0 saturated heterocycles. The number of aromatic nitrogens is 3. The highest BCUT2D eigenvalue weighted by molar-refractivity contribution is 14.0. The Balaban J connectivity index is 0.00000242. The molecule has 0 radical (unpaired) electrons. The van der Waals surface area contributed by atoms with Crippen LogP contribution in [0.5, 0.6) is 0 Å². The van der Waals surface area contributed by atoms with Crippen molar-refractivity contribution in [3.8, 4) is 0 Å². The molecule has 0 bridgehead atoms. The molecular weight excluding hydrogens is 391 g/mol. The van der Waals surface area contributed by atoms with E-state index in [4.69, 9.17) is 0 Å². The topological polar surface area (TPSA) is 67.1 Å². The molecule has 2 rings (SSSR count). The van der Waals surface area contributed by atoms with Gasteiger partial charge in [-0.3, -0.25) is 0 Å². The molecule has 124 valence electrons. The third kappa shape index (κ3) is 5.58. The van der Waals surface area contributed by atoms with E-state index in [1.165, 1.54) is 32.1 Å². The minimum absolute atomic E-state index is 0. The SMILES string of the molecule is C=CCNC(=NCc1nnc(C)n1C)NC1CCCCC1.I. The first-order valence-corrected chi connectivity index (χ1v) is 7.71. The zero-order valence-electron chi connectivity index (χ0n) is 13.5. The highest BCUT2D eigenvalue weighted by atomic mass is 127. The summed E-state index contributed by atoms with van der Waals surface area (Å²) in [5.41, 5.74) is 0. The minimum atomic E-state index is 0. The molecule has 1 aromatic rings. The number of hydrogen-bond acceptors (Lipinski definition) is 3. The summed E-state index contributed by atoms with van der Waals surface area (Å²) in [7, 11) is 1.96. The predicted octanol–water partition coefficient (Wildman–Crippen LogP) is 2.30. The number of halogens is 1. The Morgan fingerprint density at radius 3 is 2.68 bits per heavy atom. The fourth-order valence-electron chi connectivity index (χ4n) is 2.50. The van der Waals surface area contributed by atoms with Gasteiger partial charge >= 0.3 is 0 Å². The van der Waals surface area contributed by atoms with E-state index in [1.807, 2.05) is 24.6 Å². The summed E-state index contributed by atoms with van der Waals surface area (Å²) in [5, 5.41) is 15.0. The maximum Gasteiger partial charge on any atom is 0.192 e. The van der Waals surface area contributed by atoms with Gasteiger partial charge in [-0.2, -0.15) is 0 Å². The summed E-state index contributed by atoms with van der Waals surface area (Å²) in [4.78, 5) is 4.62. The summed E-state index contributed by atoms with van der Waals surface area (Å²) in [5.74, 6) is 2.61. The van der Waals surface area contributed by atoms with Crippen molar-refractivity contribution in [2.45, 2.75) is 51.6 Å². The molecule has 1 aliphatic carbocycles. The smallest absolute Gasteiger partial charge is 0.192 e. The second kappa shape index (κ2) is 9.81. The lowest BCUT2D eigenvalue weighted by Gasteiger charge is -2.24. The van der Waals surface area contributed by atoms with Crippen LogP contribution in [0, 0.1) is 6.92 Å². The molecule has 6 nitrogen and oxygen atoms in total. The molecule has 7 heteroatoms. The van der Waals surface area contributed by atoms with E-state index in [-0.39, 0.29) is 24.0 Å². The van der Waals surface area contributed by atoms with Gasteiger partial charge in [0, 0.05) is 19.6 Å². The molecular formula is C15H27IN6. The Morgan fingerprint density at radius 1 is 1.36 bits per heavy atom. The van der Waals surface area contributed by atoms with Crippen LogP contribution in [0.1, 0.15) is 43.8 Å². The summed E-state index contributed by atoms with van der Waals surface area (Å²) in [6, 6.07) is 0.524. The maximum atomic E-state index is 4.62. The van der Waals surface area contributed by atoms with E-state index in [0.29, 0.717) is 19.1 Å². The van der Waals surface area contributed by atoms with Crippen LogP contribution in [-0.2, 0) is 13.6 Å². The van der Waals surface area contributed by atoms with Gasteiger partial charge in [-0.1, -0.05) is 25.3 Å². The third-order valence-electron chi connectivity index (χ3n) is 3.92. The van der Waals surface area contributed by atoms with Crippen LogP contribution >= 0.6 is 24.0 Å². The molecule has 1 fully saturated rings. The fraction of sp³-hybridized carbons (Fsp3) is 0.667. The first-order chi connectivity index (χ1) is 10.2. The molecule has 0 aliphatic heterocycles. The molecule has 0 amide bonds. The molecule has 0 atom stereocenters. The average molecular weight is 418 g/mol. The van der Waals surface area contributed by atoms with E-state index in [2.05, 4.69) is 32.4 Å². The van der Waals surface area contributed by atoms with Crippen LogP contribution in [0.15, 0.2) is 17.6 Å². The van der Waals surface area contributed by atoms with E-state index in [9.17, 15) is 0 Å². The van der Waals surface area contributed by atoms with Crippen molar-refractivity contribution < 1.29 is 0 Å². The highest BCUT2D eigenvalue weighted by Crippen LogP contribution is 2.17. The Hall–Kier alpha value is -1.12. The zero-order chi connectivity index (χ0) is 15.1. The molecule has 1 aromatic heterocycles. The number of nitrogens with one attached hydrogen (secondary N) is 2. The number of nitrogens with zero attached hydrogens (tertiary/aromatic N) is 4. The van der Waals surface area contributed by atoms with Crippen LogP contribution < -0.4 is 10.6 Å². The van der Waals surface area contributed by atoms with Crippen LogP contribution in [0.25, 0.3) is 0 Å². The Kier molecular flexibility index (Phi) is 8.44. The predicted molar refractivity (Wildman–Crippen MR) is 101 cm³/mol. The second-order valence-electron chi connectivity index (χ2n) is 5.54. The van der Waals surface area contributed by atoms with Crippen molar-refractivity contribution in [1.82, 2.24) is 25.4 Å². The van der Waals surface area contributed by atoms with Gasteiger partial charge in [0.05, 0.1) is 0 Å². The van der Waals surface area contributed by atoms with Gasteiger partial charge < -0.3 is 15.2 Å². The van der Waals surface area contributed by atoms with E-state index in [0.717, 1.165) is 17.6 Å². The van der Waals surface area contributed by atoms with Crippen molar-refractivity contribution in [2.75, 3.05) is 6.54 Å². The fourth-order valence-corrected chi connectivity index (χ4v) is 2.50. The molecule has 1 aliphatic rings. The number of guanidine groups is 1. The molecule has 0 unspecified atom stereocenters. The van der Waals surface area contributed by atoms with Crippen LogP contribution in [-0.4, -0.2) is 33.3 Å². The van der Waals surface area contributed by atoms with Gasteiger partial charge in [0.1, 0.15) is 12.4 Å². The summed E-state index contributed by atoms with van der Waals surface area (Å²) < 4.78 is 1.97. The molecule has 22 heavy (non-hydrogen) atoms. The normalized spacial score (nSPS) is 16.0. The van der Waals surface area contributed by atoms with Crippen LogP contribution in [0.4, 0.5) is 0 Å². The largest absolute Gasteiger partial charge is 0.354 e. The Bertz CT molecular complexity index is 490. The van der Waals surface area contributed by atoms with Gasteiger partial charge in [0.25, 0.3) is 0 Å². The monoisotopic (exact) mass is 418 g/mol. The highest BCUT2D eigenvalue weighted by Gasteiger charge is 2.14. The second-order valence-corrected chi connectivity index (χ2v) is 5.54. The lowest BCUT2D eigenvalue weighted by Crippen LogP contribution is -2.44. The van der Waals surface area contributed by atoms with Gasteiger partial charge in [-0.15, -0.1) is 40.8 Å². The van der Waals surface area contributed by atoms with Crippen molar-refractivity contribution in [3.63, 3.8) is 0 Å². The van der Waals surface area contributed by atoms with Gasteiger partial charge in [0.15, 0.2) is 11.8 Å². The van der Waals surface area contributed by atoms with Crippen molar-refractivity contribution in [1.29, 1.82) is 0 Å². The molecule has 1 heterocycles. The molecule has 2 N–H and O–H groups in total. The van der Waals surface area contributed by atoms with E-state index in [1.54, 1.807) is 0 Å². The van der Waals surface area contributed by atoms with Crippen molar-refractivity contribution >= 4 is 29.9 Å². The zero-order valence-corrected chi connectivity index (χ0v) is 15.8. The summed E-state index contributed by atoms with van der Waals surface area (Å²) in [6.45, 7) is 6.91. The van der Waals surface area contributed by atoms with Crippen molar-refractivity contribution in [3.05, 3.63) is 24.3 Å². The van der Waals surface area contributed by atoms with Gasteiger partial charge in [-0.25, -0.2) is 4.99 Å². The molecule has 1 saturated carbocycles. The first kappa shape index (κ1) is 18.9. The van der Waals surface area contributed by atoms with Crippen LogP contribution in [0.3, 0.4) is 0 Å². The average Bonchev–Trinajstić information content (AvgIpc) is 2.83. The third-order valence-corrected chi connectivity index (χ3v) is 3.92. The number of aliphatic imine (C=N–C) groups is 1. The number of hydrogen-bond donors (Lipinski definition) is 2. The lowest BCUT2D eigenvalue weighted by molar-refractivity contribution is 0.410. The molecule has 0 spiro atoms. The Morgan fingerprint density at radius 2 is 2.09 bits per heavy atom. The van der Waals surface area contributed by atoms with E-state index < -0.39 is 0 Å². The van der Waals surface area contributed by atoms with E-state index >= 15 is 0 Å². The number of rotatable bonds is 5. The standard InChI is InChI=1S/C15H26N6.HI/c1-4-10-16-15(18-13-8-6-5-7-9-13)17-11-14-20-19-12(2)21(14)3;/h4,13H,1,5-11H2,2-3H3,(H2,16,17,18);1H. The molecule has 0 aromatic carbocycles. The van der Waals surface area contributed by atoms with Gasteiger partial charge in [0.2, 0.25) is 0 Å². The van der Waals surface area contributed by atoms with Crippen molar-refractivity contribution in [2.24, 2.45) is 12.0 Å².